The summed E-state index contributed by atoms with van der Waals surface area (Å²) in [6.07, 6.45) is 3.59. The van der Waals surface area contributed by atoms with Gasteiger partial charge in [0.05, 0.1) is 11.7 Å². The first-order valence-corrected chi connectivity index (χ1v) is 9.94. The number of carbonyl (C=O) groups is 2. The number of ether oxygens (including phenoxy) is 3. The number of para-hydroxylation sites is 1. The van der Waals surface area contributed by atoms with Crippen LogP contribution in [-0.4, -0.2) is 29.0 Å². The zero-order chi connectivity index (χ0) is 21.3. The van der Waals surface area contributed by atoms with E-state index in [2.05, 4.69) is 17.6 Å². The van der Waals surface area contributed by atoms with Crippen molar-refractivity contribution in [2.24, 2.45) is 0 Å². The Hall–Kier alpha value is -3.54. The largest absolute Gasteiger partial charge is 0.482 e. The molecular weight excluding hydrogens is 382 g/mol. The van der Waals surface area contributed by atoms with Crippen LogP contribution >= 0.6 is 0 Å². The number of carbonyl (C=O) groups excluding carboxylic acids is 2. The fraction of sp³-hybridized carbons (Fsp3) is 0.250. The molecule has 6 heteroatoms. The highest BCUT2D eigenvalue weighted by atomic mass is 16.6. The lowest BCUT2D eigenvalue weighted by Crippen LogP contribution is -2.18. The van der Waals surface area contributed by atoms with E-state index in [1.54, 1.807) is 38.1 Å². The first-order chi connectivity index (χ1) is 14.5. The third-order valence-corrected chi connectivity index (χ3v) is 4.81. The molecule has 154 valence electrons. The van der Waals surface area contributed by atoms with Crippen LogP contribution in [0.3, 0.4) is 0 Å². The summed E-state index contributed by atoms with van der Waals surface area (Å²) < 4.78 is 18.5. The molecule has 0 amide bonds. The second-order valence-corrected chi connectivity index (χ2v) is 7.31. The molecule has 0 spiro atoms. The predicted octanol–water partition coefficient (Wildman–Crippen LogP) is 4.61. The van der Waals surface area contributed by atoms with Gasteiger partial charge in [-0.05, 0) is 45.0 Å². The quantitative estimate of drug-likeness (QED) is 0.443. The molecule has 0 radical (unpaired) electrons. The number of aromatic nitrogens is 1. The van der Waals surface area contributed by atoms with Crippen LogP contribution in [0.1, 0.15) is 36.7 Å². The molecule has 0 saturated heterocycles. The number of Topliss-reactive ketones (excluding diaryl/α,β-unsaturated/α-hetero) is 1. The number of hydrogen-bond acceptors (Lipinski definition) is 5. The van der Waals surface area contributed by atoms with E-state index < -0.39 is 5.97 Å². The fourth-order valence-electron chi connectivity index (χ4n) is 3.49. The van der Waals surface area contributed by atoms with Gasteiger partial charge in [0.2, 0.25) is 5.78 Å². The standard InChI is InChI=1S/C24H23NO5/c1-4-25-13-16(18-7-5-6-8-20(18)25)11-22-24(27)19-10-9-17(12-21(19)30-22)28-14-23(26)29-15(2)3/h5-13,15H,4,14H2,1-3H3/b22-11+. The van der Waals surface area contributed by atoms with Crippen molar-refractivity contribution < 1.29 is 23.8 Å². The fourth-order valence-corrected chi connectivity index (χ4v) is 3.49. The molecule has 30 heavy (non-hydrogen) atoms. The Morgan fingerprint density at radius 1 is 1.20 bits per heavy atom. The minimum absolute atomic E-state index is 0.177. The summed E-state index contributed by atoms with van der Waals surface area (Å²) >= 11 is 0. The second kappa shape index (κ2) is 8.06. The molecule has 4 rings (SSSR count). The van der Waals surface area contributed by atoms with Crippen molar-refractivity contribution in [3.05, 3.63) is 65.5 Å². The number of aryl methyl sites for hydroxylation is 1. The number of esters is 1. The Bertz CT molecular complexity index is 1160. The number of benzene rings is 2. The predicted molar refractivity (Wildman–Crippen MR) is 114 cm³/mol. The zero-order valence-electron chi connectivity index (χ0n) is 17.2. The van der Waals surface area contributed by atoms with Crippen LogP contribution in [0, 0.1) is 0 Å². The van der Waals surface area contributed by atoms with Crippen molar-refractivity contribution in [1.29, 1.82) is 0 Å². The molecule has 0 bridgehead atoms. The third-order valence-electron chi connectivity index (χ3n) is 4.81. The van der Waals surface area contributed by atoms with Gasteiger partial charge in [0.25, 0.3) is 0 Å². The highest BCUT2D eigenvalue weighted by molar-refractivity contribution is 6.15. The lowest BCUT2D eigenvalue weighted by molar-refractivity contribution is -0.149. The first kappa shape index (κ1) is 19.8. The number of hydrogen-bond donors (Lipinski definition) is 0. The third kappa shape index (κ3) is 3.81. The average Bonchev–Trinajstić information content (AvgIpc) is 3.24. The molecule has 0 aliphatic carbocycles. The molecule has 2 aromatic carbocycles. The summed E-state index contributed by atoms with van der Waals surface area (Å²) in [5, 5.41) is 1.06. The van der Waals surface area contributed by atoms with Crippen LogP contribution in [0.25, 0.3) is 17.0 Å². The summed E-state index contributed by atoms with van der Waals surface area (Å²) in [7, 11) is 0. The maximum Gasteiger partial charge on any atom is 0.344 e. The molecule has 6 nitrogen and oxygen atoms in total. The van der Waals surface area contributed by atoms with Crippen LogP contribution < -0.4 is 9.47 Å². The summed E-state index contributed by atoms with van der Waals surface area (Å²) in [6.45, 7) is 6.26. The Kier molecular flexibility index (Phi) is 5.31. The van der Waals surface area contributed by atoms with E-state index in [4.69, 9.17) is 14.2 Å². The summed E-state index contributed by atoms with van der Waals surface area (Å²) in [4.78, 5) is 24.5. The zero-order valence-corrected chi connectivity index (χ0v) is 17.2. The van der Waals surface area contributed by atoms with Gasteiger partial charge >= 0.3 is 5.97 Å². The minimum atomic E-state index is -0.449. The molecule has 3 aromatic rings. The summed E-state index contributed by atoms with van der Waals surface area (Å²) in [6, 6.07) is 13.0. The number of nitrogens with zero attached hydrogens (tertiary/aromatic N) is 1. The number of rotatable bonds is 6. The van der Waals surface area contributed by atoms with Crippen molar-refractivity contribution >= 4 is 28.7 Å². The SMILES string of the molecule is CCn1cc(/C=C2/Oc3cc(OCC(=O)OC(C)C)ccc3C2=O)c2ccccc21. The summed E-state index contributed by atoms with van der Waals surface area (Å²) in [5.41, 5.74) is 2.51. The van der Waals surface area contributed by atoms with Crippen LogP contribution in [0.15, 0.2) is 54.4 Å². The van der Waals surface area contributed by atoms with E-state index in [1.165, 1.54) is 0 Å². The van der Waals surface area contributed by atoms with Crippen molar-refractivity contribution in [2.75, 3.05) is 6.61 Å². The van der Waals surface area contributed by atoms with Gasteiger partial charge < -0.3 is 18.8 Å². The Balaban J connectivity index is 1.56. The van der Waals surface area contributed by atoms with Crippen molar-refractivity contribution in [1.82, 2.24) is 4.57 Å². The van der Waals surface area contributed by atoms with E-state index in [0.29, 0.717) is 17.1 Å². The van der Waals surface area contributed by atoms with E-state index in [9.17, 15) is 9.59 Å². The normalized spacial score (nSPS) is 14.3. The molecule has 1 aliphatic rings. The van der Waals surface area contributed by atoms with Crippen molar-refractivity contribution in [3.8, 4) is 11.5 Å². The monoisotopic (exact) mass is 405 g/mol. The molecule has 1 aliphatic heterocycles. The molecule has 2 heterocycles. The highest BCUT2D eigenvalue weighted by Gasteiger charge is 2.28. The van der Waals surface area contributed by atoms with Gasteiger partial charge in [0.15, 0.2) is 12.4 Å². The number of fused-ring (bicyclic) bond motifs is 2. The van der Waals surface area contributed by atoms with Crippen LogP contribution in [-0.2, 0) is 16.1 Å². The Morgan fingerprint density at radius 3 is 2.77 bits per heavy atom. The number of allylic oxidation sites excluding steroid dienone is 1. The van der Waals surface area contributed by atoms with Gasteiger partial charge in [0, 0.05) is 35.3 Å². The Morgan fingerprint density at radius 2 is 2.00 bits per heavy atom. The maximum absolute atomic E-state index is 12.8. The van der Waals surface area contributed by atoms with Crippen LogP contribution in [0.4, 0.5) is 0 Å². The van der Waals surface area contributed by atoms with Gasteiger partial charge in [-0.3, -0.25) is 4.79 Å². The van der Waals surface area contributed by atoms with E-state index in [-0.39, 0.29) is 24.3 Å². The van der Waals surface area contributed by atoms with Crippen LogP contribution in [0.5, 0.6) is 11.5 Å². The Labute approximate surface area is 174 Å². The van der Waals surface area contributed by atoms with Gasteiger partial charge in [-0.2, -0.15) is 0 Å². The number of ketones is 1. The smallest absolute Gasteiger partial charge is 0.344 e. The molecule has 0 N–H and O–H groups in total. The second-order valence-electron chi connectivity index (χ2n) is 7.31. The van der Waals surface area contributed by atoms with Crippen LogP contribution in [0.2, 0.25) is 0 Å². The summed E-state index contributed by atoms with van der Waals surface area (Å²) in [5.74, 6) is 0.492. The molecule has 0 fully saturated rings. The van der Waals surface area contributed by atoms with E-state index in [1.807, 2.05) is 24.4 Å². The molecule has 0 saturated carbocycles. The van der Waals surface area contributed by atoms with Gasteiger partial charge in [-0.25, -0.2) is 4.79 Å². The van der Waals surface area contributed by atoms with Gasteiger partial charge in [-0.1, -0.05) is 18.2 Å². The van der Waals surface area contributed by atoms with Gasteiger partial charge in [0.1, 0.15) is 11.5 Å². The highest BCUT2D eigenvalue weighted by Crippen LogP contribution is 2.35. The average molecular weight is 405 g/mol. The maximum atomic E-state index is 12.8. The molecular formula is C24H23NO5. The molecule has 0 unspecified atom stereocenters. The van der Waals surface area contributed by atoms with Crippen molar-refractivity contribution in [3.63, 3.8) is 0 Å². The molecule has 1 aromatic heterocycles. The van der Waals surface area contributed by atoms with Gasteiger partial charge in [-0.15, -0.1) is 0 Å². The topological polar surface area (TPSA) is 66.8 Å². The minimum Gasteiger partial charge on any atom is -0.482 e. The van der Waals surface area contributed by atoms with E-state index in [0.717, 1.165) is 23.0 Å². The lowest BCUT2D eigenvalue weighted by Gasteiger charge is -2.09. The van der Waals surface area contributed by atoms with Crippen molar-refractivity contribution in [2.45, 2.75) is 33.4 Å². The lowest BCUT2D eigenvalue weighted by atomic mass is 10.1. The van der Waals surface area contributed by atoms with E-state index >= 15 is 0 Å². The molecule has 0 atom stereocenters. The first-order valence-electron chi connectivity index (χ1n) is 9.94.